The van der Waals surface area contributed by atoms with E-state index in [1.165, 1.54) is 12.1 Å². The maximum absolute atomic E-state index is 12.4. The van der Waals surface area contributed by atoms with Gasteiger partial charge in [-0.2, -0.15) is 0 Å². The van der Waals surface area contributed by atoms with Crippen molar-refractivity contribution in [3.8, 4) is 0 Å². The lowest BCUT2D eigenvalue weighted by Gasteiger charge is -2.30. The molecular formula is C14H16BrNO5S. The van der Waals surface area contributed by atoms with E-state index in [0.29, 0.717) is 6.42 Å². The molecule has 22 heavy (non-hydrogen) atoms. The SMILES string of the molecule is O=C1CCC(NC(=O)O)C(CS(=O)(=O)c2ccc(Br)cc2)C1. The van der Waals surface area contributed by atoms with Crippen LogP contribution in [0.15, 0.2) is 33.6 Å². The zero-order valence-electron chi connectivity index (χ0n) is 11.7. The molecule has 2 unspecified atom stereocenters. The van der Waals surface area contributed by atoms with Gasteiger partial charge in [-0.05, 0) is 30.7 Å². The Balaban J connectivity index is 2.19. The van der Waals surface area contributed by atoms with E-state index >= 15 is 0 Å². The van der Waals surface area contributed by atoms with Crippen LogP contribution >= 0.6 is 15.9 Å². The van der Waals surface area contributed by atoms with Crippen LogP contribution in [0.5, 0.6) is 0 Å². The van der Waals surface area contributed by atoms with Gasteiger partial charge < -0.3 is 10.4 Å². The average Bonchev–Trinajstić information content (AvgIpc) is 2.41. The largest absolute Gasteiger partial charge is 0.465 e. The molecule has 1 aliphatic rings. The highest BCUT2D eigenvalue weighted by atomic mass is 79.9. The summed E-state index contributed by atoms with van der Waals surface area (Å²) in [5, 5.41) is 11.2. The standard InChI is InChI=1S/C14H16BrNO5S/c15-10-1-4-12(5-2-10)22(20,21)8-9-7-11(17)3-6-13(9)16-14(18)19/h1-2,4-5,9,13,16H,3,6-8H2,(H,18,19). The molecule has 1 aliphatic carbocycles. The molecule has 1 amide bonds. The van der Waals surface area contributed by atoms with Crippen LogP contribution < -0.4 is 5.32 Å². The van der Waals surface area contributed by atoms with Gasteiger partial charge in [-0.3, -0.25) is 4.79 Å². The van der Waals surface area contributed by atoms with Gasteiger partial charge >= 0.3 is 6.09 Å². The van der Waals surface area contributed by atoms with E-state index in [1.807, 2.05) is 0 Å². The molecule has 0 saturated heterocycles. The third-order valence-corrected chi connectivity index (χ3v) is 6.09. The van der Waals surface area contributed by atoms with E-state index in [9.17, 15) is 18.0 Å². The fourth-order valence-corrected chi connectivity index (χ4v) is 4.55. The second-order valence-electron chi connectivity index (χ2n) is 5.33. The van der Waals surface area contributed by atoms with Crippen molar-refractivity contribution in [3.63, 3.8) is 0 Å². The molecule has 0 bridgehead atoms. The number of carbonyl (C=O) groups is 2. The molecule has 1 aromatic rings. The summed E-state index contributed by atoms with van der Waals surface area (Å²) < 4.78 is 25.7. The van der Waals surface area contributed by atoms with Gasteiger partial charge in [-0.1, -0.05) is 15.9 Å². The van der Waals surface area contributed by atoms with Gasteiger partial charge in [0.2, 0.25) is 0 Å². The molecule has 0 aliphatic heterocycles. The Kier molecular flexibility index (Phi) is 5.23. The molecule has 1 saturated carbocycles. The van der Waals surface area contributed by atoms with E-state index in [2.05, 4.69) is 21.2 Å². The van der Waals surface area contributed by atoms with Crippen LogP contribution in [0, 0.1) is 5.92 Å². The fraction of sp³-hybridized carbons (Fsp3) is 0.429. The first kappa shape index (κ1) is 17.0. The fourth-order valence-electron chi connectivity index (χ4n) is 2.63. The summed E-state index contributed by atoms with van der Waals surface area (Å²) in [4.78, 5) is 22.6. The van der Waals surface area contributed by atoms with Crippen LogP contribution in [-0.2, 0) is 14.6 Å². The molecule has 1 aromatic carbocycles. The van der Waals surface area contributed by atoms with Gasteiger partial charge in [0.1, 0.15) is 5.78 Å². The van der Waals surface area contributed by atoms with E-state index < -0.39 is 27.9 Å². The zero-order valence-corrected chi connectivity index (χ0v) is 14.1. The molecule has 6 nitrogen and oxygen atoms in total. The quantitative estimate of drug-likeness (QED) is 0.821. The van der Waals surface area contributed by atoms with Gasteiger partial charge in [0.05, 0.1) is 10.6 Å². The minimum Gasteiger partial charge on any atom is -0.465 e. The maximum atomic E-state index is 12.4. The molecule has 2 N–H and O–H groups in total. The second-order valence-corrected chi connectivity index (χ2v) is 8.28. The van der Waals surface area contributed by atoms with Gasteiger partial charge in [-0.25, -0.2) is 13.2 Å². The Labute approximate surface area is 137 Å². The molecular weight excluding hydrogens is 374 g/mol. The molecule has 1 fully saturated rings. The first-order chi connectivity index (χ1) is 10.3. The first-order valence-corrected chi connectivity index (χ1v) is 9.22. The number of halogens is 1. The summed E-state index contributed by atoms with van der Waals surface area (Å²) in [5.41, 5.74) is 0. The Bertz CT molecular complexity index is 671. The van der Waals surface area contributed by atoms with Crippen molar-refractivity contribution in [1.82, 2.24) is 5.32 Å². The highest BCUT2D eigenvalue weighted by Gasteiger charge is 2.34. The second kappa shape index (κ2) is 6.78. The van der Waals surface area contributed by atoms with Crippen LogP contribution in [0.4, 0.5) is 4.79 Å². The van der Waals surface area contributed by atoms with Crippen LogP contribution in [-0.4, -0.2) is 37.2 Å². The maximum Gasteiger partial charge on any atom is 0.404 e. The number of Topliss-reactive ketones (excluding diaryl/α,β-unsaturated/α-hetero) is 1. The van der Waals surface area contributed by atoms with E-state index in [-0.39, 0.29) is 29.3 Å². The number of benzene rings is 1. The summed E-state index contributed by atoms with van der Waals surface area (Å²) in [6.45, 7) is 0. The first-order valence-electron chi connectivity index (χ1n) is 6.77. The zero-order chi connectivity index (χ0) is 16.3. The third kappa shape index (κ3) is 4.30. The van der Waals surface area contributed by atoms with Crippen LogP contribution in [0.3, 0.4) is 0 Å². The average molecular weight is 390 g/mol. The highest BCUT2D eigenvalue weighted by molar-refractivity contribution is 9.10. The Hall–Kier alpha value is -1.41. The Morgan fingerprint density at radius 1 is 1.32 bits per heavy atom. The number of hydrogen-bond acceptors (Lipinski definition) is 4. The van der Waals surface area contributed by atoms with Gasteiger partial charge in [0, 0.05) is 29.3 Å². The molecule has 2 rings (SSSR count). The number of rotatable bonds is 4. The molecule has 120 valence electrons. The molecule has 8 heteroatoms. The monoisotopic (exact) mass is 389 g/mol. The predicted octanol–water partition coefficient (Wildman–Crippen LogP) is 2.23. The van der Waals surface area contributed by atoms with Crippen molar-refractivity contribution in [2.75, 3.05) is 5.75 Å². The smallest absolute Gasteiger partial charge is 0.404 e. The number of ketones is 1. The van der Waals surface area contributed by atoms with E-state index in [1.54, 1.807) is 12.1 Å². The minimum atomic E-state index is -3.57. The van der Waals surface area contributed by atoms with Gasteiger partial charge in [-0.15, -0.1) is 0 Å². The van der Waals surface area contributed by atoms with Gasteiger partial charge in [0.15, 0.2) is 9.84 Å². The number of hydrogen-bond donors (Lipinski definition) is 2. The third-order valence-electron chi connectivity index (χ3n) is 3.71. The molecule has 0 radical (unpaired) electrons. The van der Waals surface area contributed by atoms with Crippen LogP contribution in [0.25, 0.3) is 0 Å². The molecule has 0 heterocycles. The topological polar surface area (TPSA) is 101 Å². The Morgan fingerprint density at radius 2 is 1.95 bits per heavy atom. The van der Waals surface area contributed by atoms with Crippen LogP contribution in [0.2, 0.25) is 0 Å². The summed E-state index contributed by atoms with van der Waals surface area (Å²) in [7, 11) is -3.57. The lowest BCUT2D eigenvalue weighted by atomic mass is 9.85. The normalized spacial score (nSPS) is 22.3. The lowest BCUT2D eigenvalue weighted by Crippen LogP contribution is -2.45. The number of nitrogens with one attached hydrogen (secondary N) is 1. The number of sulfone groups is 1. The van der Waals surface area contributed by atoms with Crippen molar-refractivity contribution in [3.05, 3.63) is 28.7 Å². The summed E-state index contributed by atoms with van der Waals surface area (Å²) >= 11 is 3.24. The molecule has 2 atom stereocenters. The van der Waals surface area contributed by atoms with Crippen molar-refractivity contribution >= 4 is 37.6 Å². The predicted molar refractivity (Wildman–Crippen MR) is 83.5 cm³/mol. The summed E-state index contributed by atoms with van der Waals surface area (Å²) in [5.74, 6) is -0.809. The molecule has 0 aromatic heterocycles. The van der Waals surface area contributed by atoms with E-state index in [0.717, 1.165) is 4.47 Å². The van der Waals surface area contributed by atoms with Gasteiger partial charge in [0.25, 0.3) is 0 Å². The minimum absolute atomic E-state index is 0.0283. The highest BCUT2D eigenvalue weighted by Crippen LogP contribution is 2.26. The summed E-state index contributed by atoms with van der Waals surface area (Å²) in [6, 6.07) is 5.73. The van der Waals surface area contributed by atoms with Crippen LogP contribution in [0.1, 0.15) is 19.3 Å². The van der Waals surface area contributed by atoms with Crippen molar-refractivity contribution in [1.29, 1.82) is 0 Å². The number of carboxylic acid groups (broad SMARTS) is 1. The van der Waals surface area contributed by atoms with Crippen molar-refractivity contribution in [2.24, 2.45) is 5.92 Å². The lowest BCUT2D eigenvalue weighted by molar-refractivity contribution is -0.121. The van der Waals surface area contributed by atoms with E-state index in [4.69, 9.17) is 5.11 Å². The number of carbonyl (C=O) groups excluding carboxylic acids is 1. The van der Waals surface area contributed by atoms with Crippen molar-refractivity contribution in [2.45, 2.75) is 30.2 Å². The van der Waals surface area contributed by atoms with Crippen molar-refractivity contribution < 1.29 is 23.1 Å². The number of amides is 1. The summed E-state index contributed by atoms with van der Waals surface area (Å²) in [6.07, 6.45) is -0.503. The molecule has 0 spiro atoms. The Morgan fingerprint density at radius 3 is 2.55 bits per heavy atom.